The number of nitrogens with one attached hydrogen (secondary N) is 2. The highest BCUT2D eigenvalue weighted by molar-refractivity contribution is 6.31. The number of nitrogens with two attached hydrogens (primary N) is 3. The molecule has 0 fully saturated rings. The quantitative estimate of drug-likeness (QED) is 0.132. The molecule has 11 nitrogen and oxygen atoms in total. The van der Waals surface area contributed by atoms with Gasteiger partial charge in [-0.25, -0.2) is 4.79 Å². The second kappa shape index (κ2) is 15.8. The fourth-order valence-electron chi connectivity index (χ4n) is 2.99. The van der Waals surface area contributed by atoms with Gasteiger partial charge < -0.3 is 32.9 Å². The number of amides is 3. The molecule has 0 bridgehead atoms. The predicted octanol–water partition coefficient (Wildman–Crippen LogP) is 1.34. The van der Waals surface area contributed by atoms with Gasteiger partial charge in [0.2, 0.25) is 11.8 Å². The van der Waals surface area contributed by atoms with Gasteiger partial charge in [0, 0.05) is 23.6 Å². The van der Waals surface area contributed by atoms with Gasteiger partial charge in [-0.2, -0.15) is 13.2 Å². The average Bonchev–Trinajstić information content (AvgIpc) is 2.85. The summed E-state index contributed by atoms with van der Waals surface area (Å²) >= 11 is 5.95. The van der Waals surface area contributed by atoms with Crippen molar-refractivity contribution in [3.63, 3.8) is 0 Å². The lowest BCUT2D eigenvalue weighted by Crippen LogP contribution is -2.53. The summed E-state index contributed by atoms with van der Waals surface area (Å²) in [6.07, 6.45) is -4.19. The first kappa shape index (κ1) is 32.7. The molecule has 0 unspecified atom stereocenters. The van der Waals surface area contributed by atoms with E-state index in [1.807, 2.05) is 30.3 Å². The molecule has 0 radical (unpaired) electrons. The number of carboxylic acids is 1. The highest BCUT2D eigenvalue weighted by Gasteiger charge is 2.38. The van der Waals surface area contributed by atoms with Crippen LogP contribution in [0.25, 0.3) is 0 Å². The van der Waals surface area contributed by atoms with Crippen LogP contribution in [0.3, 0.4) is 0 Å². The molecule has 0 aliphatic carbocycles. The van der Waals surface area contributed by atoms with Gasteiger partial charge in [0.05, 0.1) is 0 Å². The standard InChI is InChI=1S/C22H27ClN6O3.C2HF3O2/c23-16-9-4-8-15(13-16)20(31)28-17(10-5-11-27-22(25)26)21(32)29-18(19(24)30)12-14-6-2-1-3-7-14;3-2(4,5)1(6)7/h1-4,6-9,13,17-18H,5,10-12H2,(H2,24,30)(H,28,31)(H,29,32)(H4,25,26,27);(H,6,7)/t17-,18-;/m0./s1. The maximum Gasteiger partial charge on any atom is 0.490 e. The number of guanidine groups is 1. The van der Waals surface area contributed by atoms with E-state index in [1.54, 1.807) is 18.2 Å². The summed E-state index contributed by atoms with van der Waals surface area (Å²) in [6.45, 7) is 0.280. The Hall–Kier alpha value is -4.33. The van der Waals surface area contributed by atoms with E-state index in [0.29, 0.717) is 17.0 Å². The predicted molar refractivity (Wildman–Crippen MR) is 138 cm³/mol. The van der Waals surface area contributed by atoms with E-state index < -0.39 is 42.0 Å². The number of rotatable bonds is 11. The Morgan fingerprint density at radius 1 is 0.949 bits per heavy atom. The summed E-state index contributed by atoms with van der Waals surface area (Å²) < 4.78 is 31.7. The number of nitrogens with zero attached hydrogens (tertiary/aromatic N) is 1. The zero-order valence-electron chi connectivity index (χ0n) is 20.5. The molecular formula is C24H28ClF3N6O5. The van der Waals surface area contributed by atoms with Crippen molar-refractivity contribution in [2.24, 2.45) is 22.2 Å². The summed E-state index contributed by atoms with van der Waals surface area (Å²) in [5, 5.41) is 12.8. The average molecular weight is 573 g/mol. The van der Waals surface area contributed by atoms with E-state index in [0.717, 1.165) is 5.56 Å². The van der Waals surface area contributed by atoms with Crippen LogP contribution in [-0.2, 0) is 20.8 Å². The van der Waals surface area contributed by atoms with Crippen molar-refractivity contribution in [1.82, 2.24) is 10.6 Å². The summed E-state index contributed by atoms with van der Waals surface area (Å²) in [7, 11) is 0. The van der Waals surface area contributed by atoms with Gasteiger partial charge in [-0.05, 0) is 36.6 Å². The second-order valence-corrected chi connectivity index (χ2v) is 8.38. The summed E-state index contributed by atoms with van der Waals surface area (Å²) in [5.41, 5.74) is 17.3. The molecule has 0 saturated heterocycles. The van der Waals surface area contributed by atoms with Gasteiger partial charge in [-0.1, -0.05) is 48.0 Å². The van der Waals surface area contributed by atoms with Crippen LogP contribution in [-0.4, -0.2) is 59.6 Å². The van der Waals surface area contributed by atoms with Crippen molar-refractivity contribution < 1.29 is 37.5 Å². The summed E-state index contributed by atoms with van der Waals surface area (Å²) in [4.78, 5) is 50.3. The molecule has 2 aromatic carbocycles. The van der Waals surface area contributed by atoms with Crippen LogP contribution in [0.1, 0.15) is 28.8 Å². The molecule has 2 atom stereocenters. The Labute approximate surface area is 226 Å². The third kappa shape index (κ3) is 13.2. The smallest absolute Gasteiger partial charge is 0.475 e. The molecule has 0 aliphatic heterocycles. The van der Waals surface area contributed by atoms with E-state index in [1.165, 1.54) is 6.07 Å². The molecule has 212 valence electrons. The lowest BCUT2D eigenvalue weighted by atomic mass is 10.0. The molecule has 2 rings (SSSR count). The highest BCUT2D eigenvalue weighted by atomic mass is 35.5. The summed E-state index contributed by atoms with van der Waals surface area (Å²) in [6, 6.07) is 13.6. The largest absolute Gasteiger partial charge is 0.490 e. The number of hydrogen-bond acceptors (Lipinski definition) is 5. The molecule has 0 spiro atoms. The van der Waals surface area contributed by atoms with Crippen LogP contribution in [0, 0.1) is 0 Å². The van der Waals surface area contributed by atoms with Crippen LogP contribution in [0.5, 0.6) is 0 Å². The number of aliphatic carboxylic acids is 1. The van der Waals surface area contributed by atoms with Crippen molar-refractivity contribution in [1.29, 1.82) is 0 Å². The van der Waals surface area contributed by atoms with Gasteiger partial charge in [-0.15, -0.1) is 0 Å². The van der Waals surface area contributed by atoms with Gasteiger partial charge in [0.25, 0.3) is 5.91 Å². The Kier molecular flexibility index (Phi) is 13.3. The van der Waals surface area contributed by atoms with Gasteiger partial charge in [0.1, 0.15) is 12.1 Å². The number of primary amides is 1. The van der Waals surface area contributed by atoms with Crippen LogP contribution < -0.4 is 27.8 Å². The zero-order valence-corrected chi connectivity index (χ0v) is 21.2. The molecule has 0 aliphatic rings. The summed E-state index contributed by atoms with van der Waals surface area (Å²) in [5.74, 6) is -4.52. The molecule has 0 saturated carbocycles. The lowest BCUT2D eigenvalue weighted by molar-refractivity contribution is -0.192. The molecule has 15 heteroatoms. The van der Waals surface area contributed by atoms with E-state index in [4.69, 9.17) is 38.7 Å². The highest BCUT2D eigenvalue weighted by Crippen LogP contribution is 2.13. The van der Waals surface area contributed by atoms with Crippen LogP contribution in [0.2, 0.25) is 5.02 Å². The van der Waals surface area contributed by atoms with Gasteiger partial charge >= 0.3 is 12.1 Å². The first-order chi connectivity index (χ1) is 18.2. The molecule has 9 N–H and O–H groups in total. The molecule has 0 aromatic heterocycles. The van der Waals surface area contributed by atoms with Crippen molar-refractivity contribution in [3.05, 3.63) is 70.7 Å². The molecule has 2 aromatic rings. The van der Waals surface area contributed by atoms with Crippen molar-refractivity contribution >= 4 is 41.3 Å². The van der Waals surface area contributed by atoms with Crippen molar-refractivity contribution in [3.8, 4) is 0 Å². The Balaban J connectivity index is 0.000000956. The van der Waals surface area contributed by atoms with Crippen molar-refractivity contribution in [2.75, 3.05) is 6.54 Å². The van der Waals surface area contributed by atoms with Gasteiger partial charge in [0.15, 0.2) is 5.96 Å². The van der Waals surface area contributed by atoms with Crippen LogP contribution in [0.4, 0.5) is 13.2 Å². The molecule has 3 amide bonds. The Bertz CT molecular complexity index is 1160. The minimum atomic E-state index is -5.08. The number of benzene rings is 2. The lowest BCUT2D eigenvalue weighted by Gasteiger charge is -2.22. The van der Waals surface area contributed by atoms with E-state index >= 15 is 0 Å². The number of aliphatic imine (C=N–C) groups is 1. The minimum absolute atomic E-state index is 0.0642. The monoisotopic (exact) mass is 572 g/mol. The fraction of sp³-hybridized carbons (Fsp3) is 0.292. The SMILES string of the molecule is NC(=O)[C@H](Cc1ccccc1)NC(=O)[C@H](CCCN=C(N)N)NC(=O)c1cccc(Cl)c1.O=C(O)C(F)(F)F. The Morgan fingerprint density at radius 2 is 1.56 bits per heavy atom. The third-order valence-electron chi connectivity index (χ3n) is 4.84. The van der Waals surface area contributed by atoms with Gasteiger partial charge in [-0.3, -0.25) is 19.4 Å². The number of halogens is 4. The second-order valence-electron chi connectivity index (χ2n) is 7.94. The molecular weight excluding hydrogens is 545 g/mol. The topological polar surface area (TPSA) is 203 Å². The van der Waals surface area contributed by atoms with Crippen LogP contribution >= 0.6 is 11.6 Å². The fourth-order valence-corrected chi connectivity index (χ4v) is 3.18. The minimum Gasteiger partial charge on any atom is -0.475 e. The van der Waals surface area contributed by atoms with E-state index in [9.17, 15) is 27.6 Å². The number of hydrogen-bond donors (Lipinski definition) is 6. The molecule has 0 heterocycles. The first-order valence-electron chi connectivity index (χ1n) is 11.3. The first-order valence-corrected chi connectivity index (χ1v) is 11.6. The maximum atomic E-state index is 13.0. The normalized spacial score (nSPS) is 12.1. The van der Waals surface area contributed by atoms with E-state index in [2.05, 4.69) is 15.6 Å². The number of alkyl halides is 3. The van der Waals surface area contributed by atoms with Crippen LogP contribution in [0.15, 0.2) is 59.6 Å². The van der Waals surface area contributed by atoms with Crippen molar-refractivity contribution in [2.45, 2.75) is 37.5 Å². The van der Waals surface area contributed by atoms with E-state index in [-0.39, 0.29) is 25.3 Å². The Morgan fingerprint density at radius 3 is 2.08 bits per heavy atom. The molecule has 39 heavy (non-hydrogen) atoms. The third-order valence-corrected chi connectivity index (χ3v) is 5.07. The number of carbonyl (C=O) groups is 4. The maximum absolute atomic E-state index is 13.0. The number of carboxylic acid groups (broad SMARTS) is 1. The zero-order chi connectivity index (χ0) is 29.6. The number of carbonyl (C=O) groups excluding carboxylic acids is 3.